The molecule has 1 aliphatic rings. The van der Waals surface area contributed by atoms with Gasteiger partial charge >= 0.3 is 0 Å². The quantitative estimate of drug-likeness (QED) is 0.813. The lowest BCUT2D eigenvalue weighted by atomic mass is 10.1. The number of hydrogen-bond donors (Lipinski definition) is 1. The Kier molecular flexibility index (Phi) is 6.34. The lowest BCUT2D eigenvalue weighted by molar-refractivity contribution is 0.0773. The van der Waals surface area contributed by atoms with Crippen LogP contribution in [-0.4, -0.2) is 42.9 Å². The molecule has 0 spiro atoms. The summed E-state index contributed by atoms with van der Waals surface area (Å²) in [4.78, 5) is 29.8. The normalized spacial score (nSPS) is 13.5. The molecule has 1 aliphatic heterocycles. The first-order valence-corrected chi connectivity index (χ1v) is 10.1. The highest BCUT2D eigenvalue weighted by Crippen LogP contribution is 2.29. The molecule has 5 heteroatoms. The molecule has 1 N–H and O–H groups in total. The third-order valence-electron chi connectivity index (χ3n) is 5.30. The molecule has 1 fully saturated rings. The highest BCUT2D eigenvalue weighted by molar-refractivity contribution is 6.06. The minimum atomic E-state index is -0.171. The lowest BCUT2D eigenvalue weighted by Gasteiger charge is -2.25. The van der Waals surface area contributed by atoms with E-state index in [0.29, 0.717) is 29.9 Å². The maximum Gasteiger partial charge on any atom is 0.256 e. The first-order valence-electron chi connectivity index (χ1n) is 10.1. The predicted molar refractivity (Wildman–Crippen MR) is 114 cm³/mol. The molecule has 1 heterocycles. The Hall–Kier alpha value is -2.82. The van der Waals surface area contributed by atoms with Gasteiger partial charge < -0.3 is 15.1 Å². The van der Waals surface area contributed by atoms with E-state index in [1.165, 1.54) is 0 Å². The second-order valence-electron chi connectivity index (χ2n) is 7.22. The summed E-state index contributed by atoms with van der Waals surface area (Å²) in [5.41, 5.74) is 3.98. The standard InChI is InChI=1S/C23H29N3O2/c1-4-25(5-2)23(28)20-16-19(12-13-21(20)26-14-6-7-15-26)24-22(27)18-10-8-17(3)9-11-18/h8-13,16H,4-7,14-15H2,1-3H3,(H,24,27). The lowest BCUT2D eigenvalue weighted by Crippen LogP contribution is -2.32. The van der Waals surface area contributed by atoms with Gasteiger partial charge in [0, 0.05) is 43.1 Å². The van der Waals surface area contributed by atoms with Crippen molar-refractivity contribution in [3.63, 3.8) is 0 Å². The topological polar surface area (TPSA) is 52.7 Å². The van der Waals surface area contributed by atoms with Gasteiger partial charge in [-0.25, -0.2) is 0 Å². The van der Waals surface area contributed by atoms with Crippen LogP contribution >= 0.6 is 0 Å². The van der Waals surface area contributed by atoms with Crippen molar-refractivity contribution in [3.8, 4) is 0 Å². The highest BCUT2D eigenvalue weighted by atomic mass is 16.2. The Morgan fingerprint density at radius 1 is 1.00 bits per heavy atom. The summed E-state index contributed by atoms with van der Waals surface area (Å²) in [6.07, 6.45) is 2.29. The van der Waals surface area contributed by atoms with E-state index < -0.39 is 0 Å². The molecule has 148 valence electrons. The van der Waals surface area contributed by atoms with E-state index in [4.69, 9.17) is 0 Å². The molecule has 1 saturated heterocycles. The highest BCUT2D eigenvalue weighted by Gasteiger charge is 2.23. The molecular formula is C23H29N3O2. The average Bonchev–Trinajstić information content (AvgIpc) is 3.24. The van der Waals surface area contributed by atoms with E-state index in [1.807, 2.05) is 68.1 Å². The number of aryl methyl sites for hydroxylation is 1. The van der Waals surface area contributed by atoms with E-state index in [9.17, 15) is 9.59 Å². The van der Waals surface area contributed by atoms with Crippen molar-refractivity contribution in [1.82, 2.24) is 4.90 Å². The second kappa shape index (κ2) is 8.91. The van der Waals surface area contributed by atoms with Gasteiger partial charge in [0.15, 0.2) is 0 Å². The zero-order chi connectivity index (χ0) is 20.1. The van der Waals surface area contributed by atoms with Crippen molar-refractivity contribution in [3.05, 3.63) is 59.2 Å². The number of benzene rings is 2. The van der Waals surface area contributed by atoms with E-state index in [1.54, 1.807) is 0 Å². The van der Waals surface area contributed by atoms with Crippen LogP contribution in [0.5, 0.6) is 0 Å². The largest absolute Gasteiger partial charge is 0.371 e. The summed E-state index contributed by atoms with van der Waals surface area (Å²) in [6.45, 7) is 9.22. The zero-order valence-corrected chi connectivity index (χ0v) is 17.0. The molecule has 0 saturated carbocycles. The minimum absolute atomic E-state index is 0.0123. The number of hydrogen-bond acceptors (Lipinski definition) is 3. The monoisotopic (exact) mass is 379 g/mol. The van der Waals surface area contributed by atoms with Crippen molar-refractivity contribution in [2.75, 3.05) is 36.4 Å². The molecule has 0 unspecified atom stereocenters. The van der Waals surface area contributed by atoms with Crippen molar-refractivity contribution >= 4 is 23.2 Å². The number of nitrogens with zero attached hydrogens (tertiary/aromatic N) is 2. The predicted octanol–water partition coefficient (Wildman–Crippen LogP) is 4.33. The van der Waals surface area contributed by atoms with Crippen LogP contribution in [0.2, 0.25) is 0 Å². The number of rotatable bonds is 6. The number of nitrogens with one attached hydrogen (secondary N) is 1. The Balaban J connectivity index is 1.90. The van der Waals surface area contributed by atoms with Crippen LogP contribution in [0.15, 0.2) is 42.5 Å². The fourth-order valence-corrected chi connectivity index (χ4v) is 3.61. The molecule has 0 bridgehead atoms. The minimum Gasteiger partial charge on any atom is -0.371 e. The van der Waals surface area contributed by atoms with Gasteiger partial charge in [0.25, 0.3) is 11.8 Å². The van der Waals surface area contributed by atoms with Crippen molar-refractivity contribution in [1.29, 1.82) is 0 Å². The molecule has 3 rings (SSSR count). The smallest absolute Gasteiger partial charge is 0.256 e. The fraction of sp³-hybridized carbons (Fsp3) is 0.391. The molecule has 5 nitrogen and oxygen atoms in total. The fourth-order valence-electron chi connectivity index (χ4n) is 3.61. The van der Waals surface area contributed by atoms with Gasteiger partial charge in [0.05, 0.1) is 5.56 Å². The Labute approximate surface area is 167 Å². The van der Waals surface area contributed by atoms with Gasteiger partial charge in [0.1, 0.15) is 0 Å². The SMILES string of the molecule is CCN(CC)C(=O)c1cc(NC(=O)c2ccc(C)cc2)ccc1N1CCCC1. The number of carbonyl (C=O) groups excluding carboxylic acids is 2. The maximum atomic E-state index is 13.1. The number of amides is 2. The molecule has 2 aromatic rings. The van der Waals surface area contributed by atoms with Gasteiger partial charge in [-0.05, 0) is 63.9 Å². The van der Waals surface area contributed by atoms with Crippen molar-refractivity contribution in [2.45, 2.75) is 33.6 Å². The maximum absolute atomic E-state index is 13.1. The number of carbonyl (C=O) groups is 2. The molecule has 2 amide bonds. The molecular weight excluding hydrogens is 350 g/mol. The Morgan fingerprint density at radius 2 is 1.64 bits per heavy atom. The van der Waals surface area contributed by atoms with Gasteiger partial charge in [-0.1, -0.05) is 17.7 Å². The molecule has 0 atom stereocenters. The van der Waals surface area contributed by atoms with Crippen LogP contribution in [0.1, 0.15) is 53.0 Å². The summed E-state index contributed by atoms with van der Waals surface area (Å²) in [6, 6.07) is 13.1. The van der Waals surface area contributed by atoms with Crippen LogP contribution in [-0.2, 0) is 0 Å². The van der Waals surface area contributed by atoms with Crippen molar-refractivity contribution in [2.24, 2.45) is 0 Å². The van der Waals surface area contributed by atoms with E-state index in [0.717, 1.165) is 37.2 Å². The molecule has 2 aromatic carbocycles. The van der Waals surface area contributed by atoms with E-state index in [2.05, 4.69) is 10.2 Å². The number of anilines is 2. The van der Waals surface area contributed by atoms with Crippen molar-refractivity contribution < 1.29 is 9.59 Å². The molecule has 28 heavy (non-hydrogen) atoms. The van der Waals surface area contributed by atoms with Crippen LogP contribution in [0.25, 0.3) is 0 Å². The molecule has 0 aromatic heterocycles. The first kappa shape index (κ1) is 19.9. The van der Waals surface area contributed by atoms with Crippen LogP contribution in [0, 0.1) is 6.92 Å². The Morgan fingerprint density at radius 3 is 2.25 bits per heavy atom. The van der Waals surface area contributed by atoms with Gasteiger partial charge in [-0.15, -0.1) is 0 Å². The zero-order valence-electron chi connectivity index (χ0n) is 17.0. The van der Waals surface area contributed by atoms with Crippen LogP contribution < -0.4 is 10.2 Å². The third kappa shape index (κ3) is 4.35. The van der Waals surface area contributed by atoms with Gasteiger partial charge in [-0.2, -0.15) is 0 Å². The van der Waals surface area contributed by atoms with E-state index in [-0.39, 0.29) is 11.8 Å². The molecule has 0 radical (unpaired) electrons. The van der Waals surface area contributed by atoms with Crippen LogP contribution in [0.3, 0.4) is 0 Å². The van der Waals surface area contributed by atoms with Gasteiger partial charge in [0.2, 0.25) is 0 Å². The molecule has 0 aliphatic carbocycles. The first-order chi connectivity index (χ1) is 13.5. The van der Waals surface area contributed by atoms with Crippen LogP contribution in [0.4, 0.5) is 11.4 Å². The third-order valence-corrected chi connectivity index (χ3v) is 5.30. The summed E-state index contributed by atoms with van der Waals surface area (Å²) >= 11 is 0. The summed E-state index contributed by atoms with van der Waals surface area (Å²) < 4.78 is 0. The average molecular weight is 380 g/mol. The summed E-state index contributed by atoms with van der Waals surface area (Å²) in [7, 11) is 0. The Bertz CT molecular complexity index is 835. The second-order valence-corrected chi connectivity index (χ2v) is 7.22. The van der Waals surface area contributed by atoms with Gasteiger partial charge in [-0.3, -0.25) is 9.59 Å². The summed E-state index contributed by atoms with van der Waals surface area (Å²) in [5, 5.41) is 2.94. The summed E-state index contributed by atoms with van der Waals surface area (Å²) in [5.74, 6) is -0.159. The van der Waals surface area contributed by atoms with E-state index >= 15 is 0 Å².